The Bertz CT molecular complexity index is 478. The maximum absolute atomic E-state index is 10.7. The number of hydrogen-bond donors (Lipinski definition) is 5. The van der Waals surface area contributed by atoms with Gasteiger partial charge in [-0.05, 0) is 0 Å². The van der Waals surface area contributed by atoms with Gasteiger partial charge in [0.1, 0.15) is 24.4 Å². The summed E-state index contributed by atoms with van der Waals surface area (Å²) in [5.74, 6) is -1.13. The Morgan fingerprint density at radius 1 is 1.50 bits per heavy atom. The van der Waals surface area contributed by atoms with Gasteiger partial charge in [0.25, 0.3) is 0 Å². The lowest BCUT2D eigenvalue weighted by atomic mass is 10.1. The molecule has 0 spiro atoms. The third kappa shape index (κ3) is 2.81. The van der Waals surface area contributed by atoms with Crippen LogP contribution in [0.1, 0.15) is 11.9 Å². The molecule has 0 saturated carbocycles. The largest absolute Gasteiger partial charge is 0.480 e. The number of hydrogen-bond acceptors (Lipinski definition) is 7. The minimum atomic E-state index is -1.21. The monoisotopic (exact) mass is 287 g/mol. The highest BCUT2D eigenvalue weighted by Crippen LogP contribution is 2.29. The second-order valence-electron chi connectivity index (χ2n) is 4.69. The Morgan fingerprint density at radius 3 is 2.75 bits per heavy atom. The number of ether oxygens (including phenoxy) is 1. The van der Waals surface area contributed by atoms with Crippen LogP contribution in [0.15, 0.2) is 12.5 Å². The molecule has 2 rings (SSSR count). The van der Waals surface area contributed by atoms with Crippen LogP contribution in [-0.2, 0) is 16.0 Å². The highest BCUT2D eigenvalue weighted by atomic mass is 16.6. The third-order valence-corrected chi connectivity index (χ3v) is 3.21. The van der Waals surface area contributed by atoms with Gasteiger partial charge in [0.15, 0.2) is 6.23 Å². The quantitative estimate of drug-likeness (QED) is 0.397. The minimum Gasteiger partial charge on any atom is -0.480 e. The molecule has 1 fully saturated rings. The molecule has 1 saturated heterocycles. The van der Waals surface area contributed by atoms with Crippen LogP contribution in [0.3, 0.4) is 0 Å². The van der Waals surface area contributed by atoms with E-state index in [-0.39, 0.29) is 6.42 Å². The summed E-state index contributed by atoms with van der Waals surface area (Å²) in [6.07, 6.45) is -1.28. The lowest BCUT2D eigenvalue weighted by Crippen LogP contribution is -2.33. The third-order valence-electron chi connectivity index (χ3n) is 3.21. The summed E-state index contributed by atoms with van der Waals surface area (Å²) in [5, 5.41) is 37.2. The number of aromatic nitrogens is 2. The first-order valence-electron chi connectivity index (χ1n) is 6.07. The van der Waals surface area contributed by atoms with E-state index in [4.69, 9.17) is 20.7 Å². The zero-order valence-corrected chi connectivity index (χ0v) is 10.5. The molecule has 6 N–H and O–H groups in total. The lowest BCUT2D eigenvalue weighted by Gasteiger charge is -2.15. The summed E-state index contributed by atoms with van der Waals surface area (Å²) in [5.41, 5.74) is 5.83. The van der Waals surface area contributed by atoms with Crippen LogP contribution >= 0.6 is 0 Å². The van der Waals surface area contributed by atoms with Crippen LogP contribution in [0.5, 0.6) is 0 Å². The first kappa shape index (κ1) is 14.9. The number of aliphatic carboxylic acids is 1. The number of aliphatic hydroxyl groups excluding tert-OH is 3. The SMILES string of the molecule is N[C@@H](Cc1cn(C2O[C@H](CO)[C@@H](O)[C@H]2O)cn1)C(=O)O. The van der Waals surface area contributed by atoms with Crippen molar-refractivity contribution in [2.45, 2.75) is 37.0 Å². The number of rotatable bonds is 5. The van der Waals surface area contributed by atoms with E-state index in [2.05, 4.69) is 4.98 Å². The van der Waals surface area contributed by atoms with Crippen molar-refractivity contribution in [3.63, 3.8) is 0 Å². The topological polar surface area (TPSA) is 151 Å². The number of aliphatic hydroxyl groups is 3. The average Bonchev–Trinajstić information content (AvgIpc) is 2.96. The average molecular weight is 287 g/mol. The molecular weight excluding hydrogens is 270 g/mol. The maximum atomic E-state index is 10.7. The molecule has 0 bridgehead atoms. The van der Waals surface area contributed by atoms with Crippen molar-refractivity contribution in [2.75, 3.05) is 6.61 Å². The van der Waals surface area contributed by atoms with Gasteiger partial charge >= 0.3 is 5.97 Å². The van der Waals surface area contributed by atoms with Gasteiger partial charge in [-0.1, -0.05) is 0 Å². The van der Waals surface area contributed by atoms with Crippen LogP contribution in [-0.4, -0.2) is 66.9 Å². The van der Waals surface area contributed by atoms with Gasteiger partial charge in [-0.3, -0.25) is 4.79 Å². The van der Waals surface area contributed by atoms with Gasteiger partial charge < -0.3 is 35.5 Å². The fourth-order valence-corrected chi connectivity index (χ4v) is 2.06. The van der Waals surface area contributed by atoms with Crippen molar-refractivity contribution in [2.24, 2.45) is 5.73 Å². The van der Waals surface area contributed by atoms with Crippen LogP contribution < -0.4 is 5.73 Å². The molecule has 1 aromatic rings. The fraction of sp³-hybridized carbons (Fsp3) is 0.636. The number of imidazole rings is 1. The van der Waals surface area contributed by atoms with Crippen molar-refractivity contribution < 1.29 is 30.0 Å². The number of carboxylic acid groups (broad SMARTS) is 1. The van der Waals surface area contributed by atoms with E-state index in [1.807, 2.05) is 0 Å². The predicted octanol–water partition coefficient (Wildman–Crippen LogP) is -2.55. The molecule has 112 valence electrons. The van der Waals surface area contributed by atoms with Gasteiger partial charge in [0, 0.05) is 12.6 Å². The van der Waals surface area contributed by atoms with E-state index in [0.717, 1.165) is 0 Å². The fourth-order valence-electron chi connectivity index (χ4n) is 2.06. The molecule has 0 radical (unpaired) electrons. The lowest BCUT2D eigenvalue weighted by molar-refractivity contribution is -0.138. The van der Waals surface area contributed by atoms with Gasteiger partial charge in [-0.2, -0.15) is 0 Å². The Hall–Kier alpha value is -1.52. The second-order valence-corrected chi connectivity index (χ2v) is 4.69. The van der Waals surface area contributed by atoms with Crippen molar-refractivity contribution in [1.29, 1.82) is 0 Å². The van der Waals surface area contributed by atoms with E-state index in [0.29, 0.717) is 5.69 Å². The molecule has 1 aliphatic heterocycles. The maximum Gasteiger partial charge on any atom is 0.320 e. The molecule has 9 nitrogen and oxygen atoms in total. The number of carbonyl (C=O) groups is 1. The summed E-state index contributed by atoms with van der Waals surface area (Å²) in [4.78, 5) is 14.6. The van der Waals surface area contributed by atoms with Crippen LogP contribution in [0, 0.1) is 0 Å². The minimum absolute atomic E-state index is 0.0388. The Kier molecular flexibility index (Phi) is 4.35. The van der Waals surface area contributed by atoms with Crippen molar-refractivity contribution >= 4 is 5.97 Å². The standard InChI is InChI=1S/C11H17N3O6/c12-6(11(18)19)1-5-2-14(4-13-5)10-9(17)8(16)7(3-15)20-10/h2,4,6-10,15-17H,1,3,12H2,(H,18,19)/t6-,7+,8+,9+,10?/m0/s1. The van der Waals surface area contributed by atoms with Crippen LogP contribution in [0.2, 0.25) is 0 Å². The molecule has 1 aromatic heterocycles. The molecule has 0 aliphatic carbocycles. The van der Waals surface area contributed by atoms with Crippen molar-refractivity contribution in [3.05, 3.63) is 18.2 Å². The molecule has 1 unspecified atom stereocenters. The normalized spacial score (nSPS) is 31.4. The van der Waals surface area contributed by atoms with Gasteiger partial charge in [0.2, 0.25) is 0 Å². The van der Waals surface area contributed by atoms with Gasteiger partial charge in [0.05, 0.1) is 18.6 Å². The van der Waals surface area contributed by atoms with Crippen molar-refractivity contribution in [3.8, 4) is 0 Å². The predicted molar refractivity (Wildman–Crippen MR) is 64.6 cm³/mol. The summed E-state index contributed by atoms with van der Waals surface area (Å²) in [7, 11) is 0. The van der Waals surface area contributed by atoms with E-state index >= 15 is 0 Å². The Labute approximate surface area is 114 Å². The molecule has 0 aromatic carbocycles. The van der Waals surface area contributed by atoms with Crippen LogP contribution in [0.4, 0.5) is 0 Å². The molecule has 20 heavy (non-hydrogen) atoms. The van der Waals surface area contributed by atoms with E-state index < -0.39 is 43.2 Å². The number of carboxylic acids is 1. The van der Waals surface area contributed by atoms with Crippen LogP contribution in [0.25, 0.3) is 0 Å². The Morgan fingerprint density at radius 2 is 2.20 bits per heavy atom. The van der Waals surface area contributed by atoms with Crippen molar-refractivity contribution in [1.82, 2.24) is 9.55 Å². The first-order chi connectivity index (χ1) is 9.43. The summed E-state index contributed by atoms with van der Waals surface area (Å²) in [6, 6.07) is -1.07. The number of nitrogens with zero attached hydrogens (tertiary/aromatic N) is 2. The molecular formula is C11H17N3O6. The van der Waals surface area contributed by atoms with E-state index in [9.17, 15) is 15.0 Å². The van der Waals surface area contributed by atoms with Gasteiger partial charge in [-0.25, -0.2) is 4.98 Å². The molecule has 1 aliphatic rings. The van der Waals surface area contributed by atoms with E-state index in [1.165, 1.54) is 17.1 Å². The Balaban J connectivity index is 2.07. The summed E-state index contributed by atoms with van der Waals surface area (Å²) < 4.78 is 6.72. The van der Waals surface area contributed by atoms with E-state index in [1.54, 1.807) is 0 Å². The first-order valence-corrected chi connectivity index (χ1v) is 6.07. The zero-order valence-electron chi connectivity index (χ0n) is 10.5. The molecule has 0 amide bonds. The second kappa shape index (κ2) is 5.85. The smallest absolute Gasteiger partial charge is 0.320 e. The summed E-state index contributed by atoms with van der Waals surface area (Å²) in [6.45, 7) is -0.416. The molecule has 5 atom stereocenters. The molecule has 2 heterocycles. The number of nitrogens with two attached hydrogens (primary N) is 1. The molecule has 9 heteroatoms. The highest BCUT2D eigenvalue weighted by Gasteiger charge is 2.43. The van der Waals surface area contributed by atoms with Gasteiger partial charge in [-0.15, -0.1) is 0 Å². The zero-order chi connectivity index (χ0) is 14.9. The highest BCUT2D eigenvalue weighted by molar-refractivity contribution is 5.73. The summed E-state index contributed by atoms with van der Waals surface area (Å²) >= 11 is 0.